The first-order valence-corrected chi connectivity index (χ1v) is 11.2. The Bertz CT molecular complexity index is 1100. The standard InChI is InChI=1S/C26H27N3O3/c1-31-24-11-7-18(13-25(24)32-16-19-5-3-2-4-6-19)8-12-26(30)29-20-9-10-23(29)21-15-27-17-28-22(21)14-20/h2-7,11,13,15,17,20,23H,8-10,12,14,16H2,1H3. The second-order valence-corrected chi connectivity index (χ2v) is 8.44. The van der Waals surface area contributed by atoms with Gasteiger partial charge in [0.25, 0.3) is 0 Å². The number of hydrogen-bond donors (Lipinski definition) is 0. The zero-order chi connectivity index (χ0) is 21.9. The van der Waals surface area contributed by atoms with Crippen molar-refractivity contribution in [3.8, 4) is 11.5 Å². The number of aryl methyl sites for hydroxylation is 1. The molecule has 1 saturated heterocycles. The summed E-state index contributed by atoms with van der Waals surface area (Å²) in [7, 11) is 1.64. The van der Waals surface area contributed by atoms with E-state index in [0.29, 0.717) is 30.9 Å². The summed E-state index contributed by atoms with van der Waals surface area (Å²) in [4.78, 5) is 23.9. The van der Waals surface area contributed by atoms with Crippen molar-refractivity contribution in [2.75, 3.05) is 7.11 Å². The summed E-state index contributed by atoms with van der Waals surface area (Å²) in [5.41, 5.74) is 4.39. The van der Waals surface area contributed by atoms with Gasteiger partial charge in [-0.15, -0.1) is 0 Å². The number of ether oxygens (including phenoxy) is 2. The zero-order valence-electron chi connectivity index (χ0n) is 18.2. The number of amides is 1. The minimum absolute atomic E-state index is 0.123. The predicted molar refractivity (Wildman–Crippen MR) is 120 cm³/mol. The maximum absolute atomic E-state index is 13.2. The number of rotatable bonds is 7. The lowest BCUT2D eigenvalue weighted by atomic mass is 9.98. The monoisotopic (exact) mass is 429 g/mol. The van der Waals surface area contributed by atoms with E-state index >= 15 is 0 Å². The molecule has 0 saturated carbocycles. The molecule has 2 bridgehead atoms. The van der Waals surface area contributed by atoms with Crippen LogP contribution in [0.25, 0.3) is 0 Å². The van der Waals surface area contributed by atoms with Gasteiger partial charge in [-0.3, -0.25) is 4.79 Å². The Morgan fingerprint density at radius 1 is 1.09 bits per heavy atom. The van der Waals surface area contributed by atoms with Crippen LogP contribution in [0, 0.1) is 0 Å². The van der Waals surface area contributed by atoms with Crippen molar-refractivity contribution in [1.29, 1.82) is 0 Å². The van der Waals surface area contributed by atoms with Crippen LogP contribution in [0.4, 0.5) is 0 Å². The Morgan fingerprint density at radius 3 is 2.81 bits per heavy atom. The van der Waals surface area contributed by atoms with Crippen molar-refractivity contribution in [3.63, 3.8) is 0 Å². The number of aromatic nitrogens is 2. The summed E-state index contributed by atoms with van der Waals surface area (Å²) in [6, 6.07) is 16.3. The van der Waals surface area contributed by atoms with Crippen LogP contribution in [0.3, 0.4) is 0 Å². The highest BCUT2D eigenvalue weighted by Gasteiger charge is 2.42. The Hall–Kier alpha value is -3.41. The van der Waals surface area contributed by atoms with Crippen molar-refractivity contribution >= 4 is 5.91 Å². The van der Waals surface area contributed by atoms with Crippen LogP contribution in [-0.4, -0.2) is 33.9 Å². The van der Waals surface area contributed by atoms with Gasteiger partial charge >= 0.3 is 0 Å². The van der Waals surface area contributed by atoms with Crippen LogP contribution < -0.4 is 9.47 Å². The van der Waals surface area contributed by atoms with Gasteiger partial charge in [0.2, 0.25) is 5.91 Å². The summed E-state index contributed by atoms with van der Waals surface area (Å²) in [5, 5.41) is 0. The molecule has 6 heteroatoms. The summed E-state index contributed by atoms with van der Waals surface area (Å²) in [6.07, 6.45) is 7.49. The lowest BCUT2D eigenvalue weighted by molar-refractivity contribution is -0.134. The third-order valence-electron chi connectivity index (χ3n) is 6.50. The quantitative estimate of drug-likeness (QED) is 0.561. The first-order valence-electron chi connectivity index (χ1n) is 11.2. The molecule has 6 nitrogen and oxygen atoms in total. The molecule has 0 spiro atoms. The Morgan fingerprint density at radius 2 is 1.97 bits per heavy atom. The predicted octanol–water partition coefficient (Wildman–Crippen LogP) is 4.29. The second kappa shape index (κ2) is 8.99. The number of hydrogen-bond acceptors (Lipinski definition) is 5. The fourth-order valence-electron chi connectivity index (χ4n) is 4.91. The number of nitrogens with zero attached hydrogens (tertiary/aromatic N) is 3. The van der Waals surface area contributed by atoms with E-state index in [2.05, 4.69) is 14.9 Å². The van der Waals surface area contributed by atoms with E-state index in [0.717, 1.165) is 41.6 Å². The molecule has 32 heavy (non-hydrogen) atoms. The van der Waals surface area contributed by atoms with Crippen molar-refractivity contribution in [2.45, 2.75) is 50.8 Å². The van der Waals surface area contributed by atoms with Gasteiger partial charge in [-0.25, -0.2) is 9.97 Å². The van der Waals surface area contributed by atoms with Crippen LogP contribution in [0.1, 0.15) is 47.7 Å². The maximum Gasteiger partial charge on any atom is 0.223 e. The minimum Gasteiger partial charge on any atom is -0.493 e. The molecule has 0 N–H and O–H groups in total. The van der Waals surface area contributed by atoms with Crippen molar-refractivity contribution in [2.24, 2.45) is 0 Å². The van der Waals surface area contributed by atoms with Crippen LogP contribution >= 0.6 is 0 Å². The molecule has 3 aromatic rings. The molecule has 3 heterocycles. The van der Waals surface area contributed by atoms with Crippen molar-refractivity contribution in [1.82, 2.24) is 14.9 Å². The largest absolute Gasteiger partial charge is 0.493 e. The molecule has 1 amide bonds. The van der Waals surface area contributed by atoms with Crippen LogP contribution in [0.2, 0.25) is 0 Å². The molecule has 1 aromatic heterocycles. The van der Waals surface area contributed by atoms with Gasteiger partial charge in [-0.1, -0.05) is 36.4 Å². The van der Waals surface area contributed by atoms with Crippen LogP contribution in [0.5, 0.6) is 11.5 Å². The number of carbonyl (C=O) groups is 1. The highest BCUT2D eigenvalue weighted by Crippen LogP contribution is 2.43. The van der Waals surface area contributed by atoms with Crippen LogP contribution in [0.15, 0.2) is 61.1 Å². The highest BCUT2D eigenvalue weighted by molar-refractivity contribution is 5.78. The number of fused-ring (bicyclic) bond motifs is 4. The Labute approximate surface area is 188 Å². The van der Waals surface area contributed by atoms with Gasteiger partial charge in [0.1, 0.15) is 12.9 Å². The molecule has 2 atom stereocenters. The summed E-state index contributed by atoms with van der Waals surface area (Å²) in [5.74, 6) is 1.60. The van der Waals surface area contributed by atoms with Crippen molar-refractivity contribution in [3.05, 3.63) is 83.4 Å². The fourth-order valence-corrected chi connectivity index (χ4v) is 4.91. The van der Waals surface area contributed by atoms with Gasteiger partial charge in [-0.05, 0) is 42.5 Å². The molecule has 2 aromatic carbocycles. The second-order valence-electron chi connectivity index (χ2n) is 8.44. The Balaban J connectivity index is 1.25. The molecule has 164 valence electrons. The average molecular weight is 430 g/mol. The van der Waals surface area contributed by atoms with Crippen molar-refractivity contribution < 1.29 is 14.3 Å². The molecule has 0 aliphatic carbocycles. The maximum atomic E-state index is 13.2. The minimum atomic E-state index is 0.123. The Kier molecular flexibility index (Phi) is 5.75. The summed E-state index contributed by atoms with van der Waals surface area (Å²) in [6.45, 7) is 0.470. The van der Waals surface area contributed by atoms with E-state index in [1.54, 1.807) is 13.4 Å². The summed E-state index contributed by atoms with van der Waals surface area (Å²) < 4.78 is 11.5. The number of benzene rings is 2. The number of methoxy groups -OCH3 is 1. The average Bonchev–Trinajstić information content (AvgIpc) is 3.16. The van der Waals surface area contributed by atoms with E-state index in [1.807, 2.05) is 54.7 Å². The topological polar surface area (TPSA) is 64.5 Å². The zero-order valence-corrected chi connectivity index (χ0v) is 18.2. The molecule has 5 rings (SSSR count). The van der Waals surface area contributed by atoms with E-state index in [4.69, 9.17) is 9.47 Å². The molecular weight excluding hydrogens is 402 g/mol. The van der Waals surface area contributed by atoms with E-state index in [-0.39, 0.29) is 18.0 Å². The molecule has 2 unspecified atom stereocenters. The fraction of sp³-hybridized carbons (Fsp3) is 0.346. The first-order chi connectivity index (χ1) is 15.7. The van der Waals surface area contributed by atoms with Gasteiger partial charge in [0, 0.05) is 30.6 Å². The smallest absolute Gasteiger partial charge is 0.223 e. The molecule has 2 aliphatic rings. The SMILES string of the molecule is COc1ccc(CCC(=O)N2C3CCC2c2cncnc2C3)cc1OCc1ccccc1. The normalized spacial score (nSPS) is 18.8. The summed E-state index contributed by atoms with van der Waals surface area (Å²) >= 11 is 0. The van der Waals surface area contributed by atoms with Gasteiger partial charge in [-0.2, -0.15) is 0 Å². The van der Waals surface area contributed by atoms with Gasteiger partial charge in [0.15, 0.2) is 11.5 Å². The van der Waals surface area contributed by atoms with Gasteiger partial charge in [0.05, 0.1) is 18.8 Å². The van der Waals surface area contributed by atoms with Gasteiger partial charge < -0.3 is 14.4 Å². The molecular formula is C26H27N3O3. The van der Waals surface area contributed by atoms with E-state index < -0.39 is 0 Å². The molecule has 2 aliphatic heterocycles. The third kappa shape index (κ3) is 4.05. The van der Waals surface area contributed by atoms with E-state index in [9.17, 15) is 4.79 Å². The lowest BCUT2D eigenvalue weighted by Crippen LogP contribution is -2.42. The highest BCUT2D eigenvalue weighted by atomic mass is 16.5. The molecule has 1 fully saturated rings. The first kappa shape index (κ1) is 20.5. The third-order valence-corrected chi connectivity index (χ3v) is 6.50. The lowest BCUT2D eigenvalue weighted by Gasteiger charge is -2.35. The van der Waals surface area contributed by atoms with Crippen LogP contribution in [-0.2, 0) is 24.2 Å². The number of carbonyl (C=O) groups excluding carboxylic acids is 1. The van der Waals surface area contributed by atoms with E-state index in [1.165, 1.54) is 0 Å². The molecule has 0 radical (unpaired) electrons.